The maximum Gasteiger partial charge on any atom is 0.244 e. The quantitative estimate of drug-likeness (QED) is 0.907. The van der Waals surface area contributed by atoms with Crippen molar-refractivity contribution in [2.75, 3.05) is 18.1 Å². The fourth-order valence-electron chi connectivity index (χ4n) is 3.16. The van der Waals surface area contributed by atoms with Crippen LogP contribution in [0.2, 0.25) is 0 Å². The zero-order valence-electron chi connectivity index (χ0n) is 12.7. The summed E-state index contributed by atoms with van der Waals surface area (Å²) in [5.74, 6) is -0.253. The van der Waals surface area contributed by atoms with Crippen LogP contribution >= 0.6 is 11.3 Å². The molecule has 2 heterocycles. The Labute approximate surface area is 135 Å². The molecule has 2 aliphatic rings. The van der Waals surface area contributed by atoms with Crippen LogP contribution in [0.3, 0.4) is 0 Å². The van der Waals surface area contributed by atoms with Crippen molar-refractivity contribution in [2.24, 2.45) is 0 Å². The van der Waals surface area contributed by atoms with E-state index in [4.69, 9.17) is 0 Å². The number of fused-ring (bicyclic) bond motifs is 1. The number of aryl methyl sites for hydroxylation is 2. The van der Waals surface area contributed by atoms with E-state index in [0.29, 0.717) is 18.1 Å². The number of thiazole rings is 1. The van der Waals surface area contributed by atoms with Crippen LogP contribution in [0.1, 0.15) is 42.7 Å². The molecule has 0 spiro atoms. The molecule has 0 unspecified atom stereocenters. The number of nitrogens with zero attached hydrogens (tertiary/aromatic N) is 2. The van der Waals surface area contributed by atoms with Crippen LogP contribution in [0.5, 0.6) is 0 Å². The summed E-state index contributed by atoms with van der Waals surface area (Å²) in [4.78, 5) is 18.2. The Morgan fingerprint density at radius 1 is 1.27 bits per heavy atom. The van der Waals surface area contributed by atoms with E-state index >= 15 is 0 Å². The van der Waals surface area contributed by atoms with Gasteiger partial charge in [0.25, 0.3) is 0 Å². The number of nitrogens with one attached hydrogen (secondary N) is 1. The van der Waals surface area contributed by atoms with E-state index in [0.717, 1.165) is 37.8 Å². The molecule has 1 fully saturated rings. The predicted molar refractivity (Wildman–Crippen MR) is 86.6 cm³/mol. The number of piperidine rings is 1. The minimum atomic E-state index is -3.36. The number of anilines is 1. The molecule has 0 radical (unpaired) electrons. The van der Waals surface area contributed by atoms with E-state index in [1.807, 2.05) is 0 Å². The summed E-state index contributed by atoms with van der Waals surface area (Å²) in [5, 5.41) is 3.44. The third-order valence-corrected chi connectivity index (χ3v) is 6.62. The third-order valence-electron chi connectivity index (χ3n) is 4.26. The van der Waals surface area contributed by atoms with Crippen LogP contribution in [-0.2, 0) is 27.7 Å². The lowest BCUT2D eigenvalue weighted by Gasteiger charge is -2.32. The second-order valence-corrected chi connectivity index (χ2v) is 8.99. The normalized spacial score (nSPS) is 23.0. The highest BCUT2D eigenvalue weighted by Gasteiger charge is 2.34. The first kappa shape index (κ1) is 15.9. The van der Waals surface area contributed by atoms with Gasteiger partial charge in [-0.3, -0.25) is 4.79 Å². The molecule has 1 saturated heterocycles. The number of sulfonamides is 1. The predicted octanol–water partition coefficient (Wildman–Crippen LogP) is 1.77. The zero-order valence-corrected chi connectivity index (χ0v) is 14.3. The summed E-state index contributed by atoms with van der Waals surface area (Å²) in [6, 6.07) is -0.607. The first-order chi connectivity index (χ1) is 10.4. The van der Waals surface area contributed by atoms with Gasteiger partial charge in [-0.25, -0.2) is 13.4 Å². The highest BCUT2D eigenvalue weighted by Crippen LogP contribution is 2.30. The smallest absolute Gasteiger partial charge is 0.244 e. The lowest BCUT2D eigenvalue weighted by atomic mass is 10.0. The minimum absolute atomic E-state index is 0.253. The Hall–Kier alpha value is -0.990. The molecule has 1 atom stereocenters. The summed E-state index contributed by atoms with van der Waals surface area (Å²) < 4.78 is 25.0. The van der Waals surface area contributed by atoms with Gasteiger partial charge in [0.15, 0.2) is 5.13 Å². The van der Waals surface area contributed by atoms with Crippen LogP contribution in [-0.4, -0.2) is 42.5 Å². The Morgan fingerprint density at radius 2 is 2.05 bits per heavy atom. The summed E-state index contributed by atoms with van der Waals surface area (Å²) in [6.07, 6.45) is 7.75. The second-order valence-electron chi connectivity index (χ2n) is 5.97. The number of hydrogen-bond donors (Lipinski definition) is 1. The van der Waals surface area contributed by atoms with Crippen molar-refractivity contribution in [3.8, 4) is 0 Å². The minimum Gasteiger partial charge on any atom is -0.301 e. The van der Waals surface area contributed by atoms with Gasteiger partial charge in [0.2, 0.25) is 15.9 Å². The maximum atomic E-state index is 12.5. The molecule has 122 valence electrons. The molecule has 22 heavy (non-hydrogen) atoms. The number of hydrogen-bond acceptors (Lipinski definition) is 5. The Balaban J connectivity index is 1.74. The third kappa shape index (κ3) is 3.33. The zero-order chi connectivity index (χ0) is 15.7. The van der Waals surface area contributed by atoms with E-state index < -0.39 is 16.1 Å². The van der Waals surface area contributed by atoms with Gasteiger partial charge in [0, 0.05) is 11.4 Å². The Morgan fingerprint density at radius 3 is 2.77 bits per heavy atom. The maximum absolute atomic E-state index is 12.5. The molecule has 1 aliphatic heterocycles. The molecule has 1 amide bonds. The van der Waals surface area contributed by atoms with E-state index in [1.165, 1.54) is 33.2 Å². The molecular weight excluding hydrogens is 322 g/mol. The first-order valence-corrected chi connectivity index (χ1v) is 10.4. The summed E-state index contributed by atoms with van der Waals surface area (Å²) in [6.45, 7) is 0.422. The Bertz CT molecular complexity index is 645. The van der Waals surface area contributed by atoms with Gasteiger partial charge in [-0.2, -0.15) is 4.31 Å². The fraction of sp³-hybridized carbons (Fsp3) is 0.714. The highest BCUT2D eigenvalue weighted by atomic mass is 32.2. The monoisotopic (exact) mass is 343 g/mol. The van der Waals surface area contributed by atoms with Gasteiger partial charge in [-0.05, 0) is 38.5 Å². The molecule has 0 bridgehead atoms. The van der Waals surface area contributed by atoms with Gasteiger partial charge in [0.1, 0.15) is 6.04 Å². The topological polar surface area (TPSA) is 79.4 Å². The molecule has 1 aromatic heterocycles. The van der Waals surface area contributed by atoms with Crippen LogP contribution < -0.4 is 5.32 Å². The average molecular weight is 343 g/mol. The molecule has 1 N–H and O–H groups in total. The van der Waals surface area contributed by atoms with E-state index in [-0.39, 0.29) is 5.91 Å². The second kappa shape index (κ2) is 6.25. The van der Waals surface area contributed by atoms with Crippen LogP contribution in [0.15, 0.2) is 0 Å². The fourth-order valence-corrected chi connectivity index (χ4v) is 5.34. The molecule has 8 heteroatoms. The van der Waals surface area contributed by atoms with Crippen molar-refractivity contribution in [3.63, 3.8) is 0 Å². The van der Waals surface area contributed by atoms with Crippen molar-refractivity contribution < 1.29 is 13.2 Å². The molecule has 3 rings (SSSR count). The highest BCUT2D eigenvalue weighted by molar-refractivity contribution is 7.88. The number of rotatable bonds is 3. The van der Waals surface area contributed by atoms with Crippen LogP contribution in [0.25, 0.3) is 0 Å². The van der Waals surface area contributed by atoms with Gasteiger partial charge in [-0.15, -0.1) is 11.3 Å². The van der Waals surface area contributed by atoms with Crippen molar-refractivity contribution in [2.45, 2.75) is 51.0 Å². The molecule has 6 nitrogen and oxygen atoms in total. The van der Waals surface area contributed by atoms with Gasteiger partial charge >= 0.3 is 0 Å². The largest absolute Gasteiger partial charge is 0.301 e. The Kier molecular flexibility index (Phi) is 4.52. The number of aromatic nitrogens is 1. The molecule has 1 aromatic rings. The SMILES string of the molecule is CS(=O)(=O)N1CCCC[C@@H]1C(=O)Nc1nc2c(s1)CCCC2. The summed E-state index contributed by atoms with van der Waals surface area (Å²) in [5.41, 5.74) is 1.09. The number of amides is 1. The first-order valence-electron chi connectivity index (χ1n) is 7.71. The molecular formula is C14H21N3O3S2. The van der Waals surface area contributed by atoms with Crippen molar-refractivity contribution in [3.05, 3.63) is 10.6 Å². The lowest BCUT2D eigenvalue weighted by Crippen LogP contribution is -2.49. The van der Waals surface area contributed by atoms with E-state index in [1.54, 1.807) is 0 Å². The van der Waals surface area contributed by atoms with Crippen LogP contribution in [0, 0.1) is 0 Å². The van der Waals surface area contributed by atoms with E-state index in [2.05, 4.69) is 10.3 Å². The molecule has 0 saturated carbocycles. The van der Waals surface area contributed by atoms with Crippen molar-refractivity contribution in [1.29, 1.82) is 0 Å². The van der Waals surface area contributed by atoms with Gasteiger partial charge in [-0.1, -0.05) is 6.42 Å². The summed E-state index contributed by atoms with van der Waals surface area (Å²) in [7, 11) is -3.36. The number of carbonyl (C=O) groups excluding carboxylic acids is 1. The average Bonchev–Trinajstić information content (AvgIpc) is 2.88. The van der Waals surface area contributed by atoms with Gasteiger partial charge in [0.05, 0.1) is 11.9 Å². The standard InChI is InChI=1S/C14H21N3O3S2/c1-22(19,20)17-9-5-4-7-11(17)13(18)16-14-15-10-6-2-3-8-12(10)21-14/h11H,2-9H2,1H3,(H,15,16,18)/t11-/m1/s1. The molecule has 0 aromatic carbocycles. The summed E-state index contributed by atoms with van der Waals surface area (Å²) >= 11 is 1.53. The number of carbonyl (C=O) groups is 1. The van der Waals surface area contributed by atoms with Crippen molar-refractivity contribution >= 4 is 32.4 Å². The lowest BCUT2D eigenvalue weighted by molar-refractivity contribution is -0.120. The van der Waals surface area contributed by atoms with Gasteiger partial charge < -0.3 is 5.32 Å². The van der Waals surface area contributed by atoms with Crippen LogP contribution in [0.4, 0.5) is 5.13 Å². The molecule has 1 aliphatic carbocycles. The van der Waals surface area contributed by atoms with E-state index in [9.17, 15) is 13.2 Å². The van der Waals surface area contributed by atoms with Crippen molar-refractivity contribution in [1.82, 2.24) is 9.29 Å².